The molecule has 1 saturated carbocycles. The monoisotopic (exact) mass is 220 g/mol. The van der Waals surface area contributed by atoms with Gasteiger partial charge in [-0.3, -0.25) is 4.79 Å². The van der Waals surface area contributed by atoms with E-state index in [9.17, 15) is 9.90 Å². The first-order valence-electron chi connectivity index (χ1n) is 5.50. The minimum Gasteiger partial charge on any atom is -0.508 e. The largest absolute Gasteiger partial charge is 0.508 e. The van der Waals surface area contributed by atoms with Crippen molar-refractivity contribution in [2.45, 2.75) is 25.3 Å². The molecule has 0 aromatic heterocycles. The topological polar surface area (TPSA) is 75.4 Å². The number of rotatable bonds is 2. The van der Waals surface area contributed by atoms with E-state index in [4.69, 9.17) is 5.73 Å². The molecule has 1 aliphatic carbocycles. The summed E-state index contributed by atoms with van der Waals surface area (Å²) in [5.41, 5.74) is 6.39. The number of aromatic hydroxyl groups is 1. The highest BCUT2D eigenvalue weighted by molar-refractivity contribution is 5.92. The third kappa shape index (κ3) is 2.52. The molecule has 0 saturated heterocycles. The maximum Gasteiger partial charge on any atom is 0.227 e. The molecule has 2 rings (SSSR count). The number of phenolic OH excluding ortho intramolecular Hbond substituents is 1. The fraction of sp³-hybridized carbons (Fsp3) is 0.417. The zero-order chi connectivity index (χ0) is 11.5. The van der Waals surface area contributed by atoms with Crippen molar-refractivity contribution in [3.05, 3.63) is 24.3 Å². The molecule has 86 valence electrons. The van der Waals surface area contributed by atoms with E-state index in [1.165, 1.54) is 6.07 Å². The summed E-state index contributed by atoms with van der Waals surface area (Å²) in [6.07, 6.45) is 2.52. The Balaban J connectivity index is 1.97. The van der Waals surface area contributed by atoms with E-state index >= 15 is 0 Å². The molecular weight excluding hydrogens is 204 g/mol. The van der Waals surface area contributed by atoms with E-state index in [1.807, 2.05) is 0 Å². The average Bonchev–Trinajstić information content (AvgIpc) is 2.65. The van der Waals surface area contributed by atoms with Gasteiger partial charge in [0, 0.05) is 23.7 Å². The van der Waals surface area contributed by atoms with Crippen LogP contribution in [0.15, 0.2) is 24.3 Å². The second kappa shape index (κ2) is 4.53. The van der Waals surface area contributed by atoms with Crippen LogP contribution in [0.2, 0.25) is 0 Å². The highest BCUT2D eigenvalue weighted by Crippen LogP contribution is 2.26. The first-order chi connectivity index (χ1) is 7.65. The molecule has 2 unspecified atom stereocenters. The van der Waals surface area contributed by atoms with Crippen molar-refractivity contribution in [2.24, 2.45) is 11.7 Å². The van der Waals surface area contributed by atoms with E-state index in [2.05, 4.69) is 5.32 Å². The highest BCUT2D eigenvalue weighted by atomic mass is 16.3. The van der Waals surface area contributed by atoms with E-state index in [1.54, 1.807) is 18.2 Å². The lowest BCUT2D eigenvalue weighted by Gasteiger charge is -2.10. The molecular formula is C12H16N2O2. The van der Waals surface area contributed by atoms with Gasteiger partial charge in [0.2, 0.25) is 5.91 Å². The van der Waals surface area contributed by atoms with Crippen LogP contribution < -0.4 is 11.1 Å². The quantitative estimate of drug-likeness (QED) is 0.706. The number of phenols is 1. The van der Waals surface area contributed by atoms with Gasteiger partial charge in [-0.1, -0.05) is 6.07 Å². The lowest BCUT2D eigenvalue weighted by molar-refractivity contribution is -0.119. The summed E-state index contributed by atoms with van der Waals surface area (Å²) in [6.45, 7) is 0. The smallest absolute Gasteiger partial charge is 0.227 e. The Morgan fingerprint density at radius 1 is 1.44 bits per heavy atom. The summed E-state index contributed by atoms with van der Waals surface area (Å²) in [5.74, 6) is 0.164. The van der Waals surface area contributed by atoms with Crippen LogP contribution in [-0.2, 0) is 4.79 Å². The van der Waals surface area contributed by atoms with Gasteiger partial charge in [0.15, 0.2) is 0 Å². The predicted octanol–water partition coefficient (Wildman–Crippen LogP) is 1.46. The van der Waals surface area contributed by atoms with Crippen molar-refractivity contribution in [2.75, 3.05) is 5.32 Å². The van der Waals surface area contributed by atoms with Crippen LogP contribution in [0.4, 0.5) is 5.69 Å². The highest BCUT2D eigenvalue weighted by Gasteiger charge is 2.27. The van der Waals surface area contributed by atoms with Crippen molar-refractivity contribution in [1.82, 2.24) is 0 Å². The fourth-order valence-electron chi connectivity index (χ4n) is 2.08. The summed E-state index contributed by atoms with van der Waals surface area (Å²) in [7, 11) is 0. The Bertz CT molecular complexity index is 392. The molecule has 1 aromatic carbocycles. The molecule has 2 atom stereocenters. The van der Waals surface area contributed by atoms with Crippen LogP contribution in [0.3, 0.4) is 0 Å². The molecule has 0 aliphatic heterocycles. The number of benzene rings is 1. The van der Waals surface area contributed by atoms with E-state index in [0.29, 0.717) is 5.69 Å². The molecule has 1 amide bonds. The van der Waals surface area contributed by atoms with E-state index in [-0.39, 0.29) is 23.6 Å². The number of nitrogens with one attached hydrogen (secondary N) is 1. The summed E-state index contributed by atoms with van der Waals surface area (Å²) >= 11 is 0. The summed E-state index contributed by atoms with van der Waals surface area (Å²) < 4.78 is 0. The average molecular weight is 220 g/mol. The van der Waals surface area contributed by atoms with Crippen LogP contribution in [0, 0.1) is 5.92 Å². The standard InChI is InChI=1S/C12H16N2O2/c13-9-5-4-8(6-9)12(16)14-10-2-1-3-11(15)7-10/h1-3,7-9,15H,4-6,13H2,(H,14,16). The van der Waals surface area contributed by atoms with Gasteiger partial charge in [-0.15, -0.1) is 0 Å². The zero-order valence-electron chi connectivity index (χ0n) is 9.02. The van der Waals surface area contributed by atoms with Crippen LogP contribution in [0.25, 0.3) is 0 Å². The van der Waals surface area contributed by atoms with Crippen LogP contribution in [0.1, 0.15) is 19.3 Å². The molecule has 0 radical (unpaired) electrons. The molecule has 0 heterocycles. The maximum absolute atomic E-state index is 11.8. The van der Waals surface area contributed by atoms with Gasteiger partial charge in [0.05, 0.1) is 0 Å². The molecule has 4 N–H and O–H groups in total. The van der Waals surface area contributed by atoms with Crippen molar-refractivity contribution < 1.29 is 9.90 Å². The van der Waals surface area contributed by atoms with Crippen molar-refractivity contribution in [1.29, 1.82) is 0 Å². The molecule has 0 bridgehead atoms. The number of hydrogen-bond donors (Lipinski definition) is 3. The summed E-state index contributed by atoms with van der Waals surface area (Å²) in [4.78, 5) is 11.8. The zero-order valence-corrected chi connectivity index (χ0v) is 9.02. The number of nitrogens with two attached hydrogens (primary N) is 1. The molecule has 1 aliphatic rings. The molecule has 1 fully saturated rings. The van der Waals surface area contributed by atoms with Gasteiger partial charge in [-0.2, -0.15) is 0 Å². The first kappa shape index (κ1) is 11.0. The Morgan fingerprint density at radius 2 is 2.25 bits per heavy atom. The van der Waals surface area contributed by atoms with Gasteiger partial charge < -0.3 is 16.2 Å². The molecule has 0 spiro atoms. The van der Waals surface area contributed by atoms with Crippen LogP contribution >= 0.6 is 0 Å². The lowest BCUT2D eigenvalue weighted by atomic mass is 10.1. The minimum absolute atomic E-state index is 0.00134. The summed E-state index contributed by atoms with van der Waals surface area (Å²) in [5, 5.41) is 12.1. The number of amides is 1. The Hall–Kier alpha value is -1.55. The third-order valence-electron chi connectivity index (χ3n) is 2.96. The van der Waals surface area contributed by atoms with Gasteiger partial charge in [-0.05, 0) is 31.4 Å². The number of anilines is 1. The second-order valence-corrected chi connectivity index (χ2v) is 4.31. The molecule has 4 nitrogen and oxygen atoms in total. The maximum atomic E-state index is 11.8. The van der Waals surface area contributed by atoms with E-state index in [0.717, 1.165) is 19.3 Å². The molecule has 4 heteroatoms. The SMILES string of the molecule is NC1CCC(C(=O)Nc2cccc(O)c2)C1. The number of carbonyl (C=O) groups excluding carboxylic acids is 1. The lowest BCUT2D eigenvalue weighted by Crippen LogP contribution is -2.23. The van der Waals surface area contributed by atoms with Gasteiger partial charge in [-0.25, -0.2) is 0 Å². The first-order valence-corrected chi connectivity index (χ1v) is 5.50. The van der Waals surface area contributed by atoms with Crippen LogP contribution in [0.5, 0.6) is 5.75 Å². The van der Waals surface area contributed by atoms with Gasteiger partial charge >= 0.3 is 0 Å². The Morgan fingerprint density at radius 3 is 2.88 bits per heavy atom. The minimum atomic E-state index is -0.00134. The van der Waals surface area contributed by atoms with Gasteiger partial charge in [0.1, 0.15) is 5.75 Å². The Kier molecular flexibility index (Phi) is 3.10. The number of carbonyl (C=O) groups is 1. The normalized spacial score (nSPS) is 24.3. The van der Waals surface area contributed by atoms with Crippen molar-refractivity contribution in [3.8, 4) is 5.75 Å². The predicted molar refractivity (Wildman–Crippen MR) is 62.1 cm³/mol. The molecule has 16 heavy (non-hydrogen) atoms. The molecule has 1 aromatic rings. The van der Waals surface area contributed by atoms with E-state index < -0.39 is 0 Å². The van der Waals surface area contributed by atoms with Crippen molar-refractivity contribution >= 4 is 11.6 Å². The fourth-order valence-corrected chi connectivity index (χ4v) is 2.08. The van der Waals surface area contributed by atoms with Crippen LogP contribution in [-0.4, -0.2) is 17.1 Å². The summed E-state index contributed by atoms with van der Waals surface area (Å²) in [6, 6.07) is 6.71. The second-order valence-electron chi connectivity index (χ2n) is 4.31. The van der Waals surface area contributed by atoms with Crippen molar-refractivity contribution in [3.63, 3.8) is 0 Å². The third-order valence-corrected chi connectivity index (χ3v) is 2.96. The Labute approximate surface area is 94.5 Å². The van der Waals surface area contributed by atoms with Gasteiger partial charge in [0.25, 0.3) is 0 Å². The number of hydrogen-bond acceptors (Lipinski definition) is 3.